The van der Waals surface area contributed by atoms with E-state index >= 15 is 0 Å². The molecule has 10 heteroatoms. The lowest BCUT2D eigenvalue weighted by atomic mass is 10.1. The fourth-order valence-electron chi connectivity index (χ4n) is 4.25. The average Bonchev–Trinajstić information content (AvgIpc) is 2.94. The van der Waals surface area contributed by atoms with Gasteiger partial charge in [0.25, 0.3) is 10.0 Å². The molecule has 0 fully saturated rings. The first-order chi connectivity index (χ1) is 19.4. The molecule has 2 amide bonds. The fraction of sp³-hybridized carbons (Fsp3) is 0.355. The van der Waals surface area contributed by atoms with E-state index in [2.05, 4.69) is 5.32 Å². The second-order valence-electron chi connectivity index (χ2n) is 10.1. The second-order valence-corrected chi connectivity index (χ2v) is 12.4. The van der Waals surface area contributed by atoms with Crippen molar-refractivity contribution in [3.8, 4) is 0 Å². The summed E-state index contributed by atoms with van der Waals surface area (Å²) in [7, 11) is -4.21. The topological polar surface area (TPSA) is 86.8 Å². The minimum atomic E-state index is -4.21. The molecule has 0 aromatic heterocycles. The van der Waals surface area contributed by atoms with Gasteiger partial charge in [0.15, 0.2) is 0 Å². The first kappa shape index (κ1) is 32.1. The number of sulfonamides is 1. The first-order valence-corrected chi connectivity index (χ1v) is 15.4. The lowest BCUT2D eigenvalue weighted by Crippen LogP contribution is -2.53. The Bertz CT molecular complexity index is 1460. The van der Waals surface area contributed by atoms with Gasteiger partial charge in [-0.25, -0.2) is 12.8 Å². The molecule has 0 heterocycles. The van der Waals surface area contributed by atoms with Crippen LogP contribution in [0.15, 0.2) is 71.6 Å². The number of anilines is 1. The molecule has 7 nitrogen and oxygen atoms in total. The molecule has 0 bridgehead atoms. The van der Waals surface area contributed by atoms with Gasteiger partial charge in [-0.2, -0.15) is 0 Å². The van der Waals surface area contributed by atoms with Gasteiger partial charge >= 0.3 is 0 Å². The molecular formula is C31H37ClFN3O4S. The van der Waals surface area contributed by atoms with Crippen LogP contribution in [0.3, 0.4) is 0 Å². The Balaban J connectivity index is 2.08. The maximum absolute atomic E-state index is 14.1. The Morgan fingerprint density at radius 3 is 2.15 bits per heavy atom. The lowest BCUT2D eigenvalue weighted by Gasteiger charge is -2.33. The highest BCUT2D eigenvalue weighted by atomic mass is 35.5. The van der Waals surface area contributed by atoms with E-state index in [9.17, 15) is 22.4 Å². The van der Waals surface area contributed by atoms with Gasteiger partial charge in [-0.3, -0.25) is 13.9 Å². The van der Waals surface area contributed by atoms with Gasteiger partial charge in [0.05, 0.1) is 10.6 Å². The highest BCUT2D eigenvalue weighted by molar-refractivity contribution is 7.92. The van der Waals surface area contributed by atoms with E-state index in [1.54, 1.807) is 38.1 Å². The van der Waals surface area contributed by atoms with Crippen LogP contribution in [0.4, 0.5) is 10.1 Å². The Morgan fingerprint density at radius 2 is 1.59 bits per heavy atom. The van der Waals surface area contributed by atoms with Crippen LogP contribution in [0.5, 0.6) is 0 Å². The van der Waals surface area contributed by atoms with Gasteiger partial charge in [-0.1, -0.05) is 61.3 Å². The summed E-state index contributed by atoms with van der Waals surface area (Å²) in [6, 6.07) is 15.8. The van der Waals surface area contributed by atoms with E-state index < -0.39 is 34.3 Å². The van der Waals surface area contributed by atoms with Crippen LogP contribution < -0.4 is 9.62 Å². The number of nitrogens with one attached hydrogen (secondary N) is 1. The molecule has 0 saturated carbocycles. The highest BCUT2D eigenvalue weighted by Crippen LogP contribution is 2.29. The van der Waals surface area contributed by atoms with Crippen molar-refractivity contribution in [2.24, 2.45) is 0 Å². The molecule has 0 aliphatic rings. The van der Waals surface area contributed by atoms with Crippen molar-refractivity contribution >= 4 is 39.1 Å². The van der Waals surface area contributed by atoms with E-state index in [4.69, 9.17) is 11.6 Å². The largest absolute Gasteiger partial charge is 0.352 e. The van der Waals surface area contributed by atoms with Crippen LogP contribution in [0, 0.1) is 19.7 Å². The highest BCUT2D eigenvalue weighted by Gasteiger charge is 2.34. The fourth-order valence-corrected chi connectivity index (χ4v) is 5.83. The molecule has 3 aromatic rings. The summed E-state index contributed by atoms with van der Waals surface area (Å²) in [5.41, 5.74) is 2.45. The van der Waals surface area contributed by atoms with Crippen molar-refractivity contribution < 1.29 is 22.4 Å². The number of hydrogen-bond donors (Lipinski definition) is 1. The van der Waals surface area contributed by atoms with Crippen molar-refractivity contribution in [3.05, 3.63) is 94.3 Å². The molecule has 0 spiro atoms. The zero-order valence-electron chi connectivity index (χ0n) is 24.0. The van der Waals surface area contributed by atoms with E-state index in [-0.39, 0.29) is 35.5 Å². The Kier molecular flexibility index (Phi) is 10.9. The molecule has 0 radical (unpaired) electrons. The monoisotopic (exact) mass is 601 g/mol. The quantitative estimate of drug-likeness (QED) is 0.275. The summed E-state index contributed by atoms with van der Waals surface area (Å²) in [5, 5.41) is 3.28. The van der Waals surface area contributed by atoms with Crippen LogP contribution in [0.1, 0.15) is 50.3 Å². The van der Waals surface area contributed by atoms with Crippen molar-refractivity contribution in [1.82, 2.24) is 10.2 Å². The van der Waals surface area contributed by atoms with Gasteiger partial charge in [-0.05, 0) is 81.1 Å². The molecular weight excluding hydrogens is 565 g/mol. The number of nitrogens with zero attached hydrogens (tertiary/aromatic N) is 2. The van der Waals surface area contributed by atoms with Gasteiger partial charge in [0.2, 0.25) is 11.8 Å². The Labute approximate surface area is 247 Å². The minimum Gasteiger partial charge on any atom is -0.352 e. The maximum Gasteiger partial charge on any atom is 0.264 e. The SMILES string of the molecule is CC[C@H](C)NC(=O)[C@H](CC)N(Cc1ccc(F)cc1)C(=O)CN(c1ccc(C)c(Cl)c1)S(=O)(=O)c1ccc(C)cc1. The Morgan fingerprint density at radius 1 is 0.951 bits per heavy atom. The summed E-state index contributed by atoms with van der Waals surface area (Å²) in [5.74, 6) is -1.36. The minimum absolute atomic E-state index is 0.0132. The zero-order valence-corrected chi connectivity index (χ0v) is 25.6. The zero-order chi connectivity index (χ0) is 30.3. The number of benzene rings is 3. The van der Waals surface area contributed by atoms with Crippen molar-refractivity contribution in [1.29, 1.82) is 0 Å². The maximum atomic E-state index is 14.1. The predicted octanol–water partition coefficient (Wildman–Crippen LogP) is 6.01. The van der Waals surface area contributed by atoms with Crippen molar-refractivity contribution in [3.63, 3.8) is 0 Å². The van der Waals surface area contributed by atoms with Crippen molar-refractivity contribution in [2.75, 3.05) is 10.8 Å². The van der Waals surface area contributed by atoms with E-state index in [0.29, 0.717) is 17.0 Å². The third-order valence-electron chi connectivity index (χ3n) is 6.98. The Hall–Kier alpha value is -3.43. The van der Waals surface area contributed by atoms with E-state index in [1.165, 1.54) is 47.4 Å². The normalized spacial score (nSPS) is 12.9. The summed E-state index contributed by atoms with van der Waals surface area (Å²) in [4.78, 5) is 28.8. The van der Waals surface area contributed by atoms with Crippen LogP contribution in [0.25, 0.3) is 0 Å². The van der Waals surface area contributed by atoms with E-state index in [0.717, 1.165) is 15.4 Å². The second kappa shape index (κ2) is 14.0. The standard InChI is InChI=1S/C31H37ClFN3O4S/c1-6-23(5)34-31(38)29(7-2)35(19-24-11-13-25(33)14-12-24)30(37)20-36(26-15-10-22(4)28(32)18-26)41(39,40)27-16-8-21(3)9-17-27/h8-18,23,29H,6-7,19-20H2,1-5H3,(H,34,38)/t23-,29-/m0/s1. The van der Waals surface area contributed by atoms with Gasteiger partial charge < -0.3 is 10.2 Å². The molecule has 1 N–H and O–H groups in total. The van der Waals surface area contributed by atoms with Crippen LogP contribution in [-0.4, -0.2) is 43.8 Å². The third-order valence-corrected chi connectivity index (χ3v) is 9.18. The summed E-state index contributed by atoms with van der Waals surface area (Å²) < 4.78 is 42.5. The molecule has 0 aliphatic carbocycles. The molecule has 0 saturated heterocycles. The average molecular weight is 602 g/mol. The van der Waals surface area contributed by atoms with E-state index in [1.807, 2.05) is 20.8 Å². The van der Waals surface area contributed by atoms with Crippen LogP contribution >= 0.6 is 11.6 Å². The molecule has 3 aromatic carbocycles. The van der Waals surface area contributed by atoms with Crippen LogP contribution in [0.2, 0.25) is 5.02 Å². The number of amides is 2. The predicted molar refractivity (Wildman–Crippen MR) is 161 cm³/mol. The summed E-state index contributed by atoms with van der Waals surface area (Å²) >= 11 is 6.37. The lowest BCUT2D eigenvalue weighted by molar-refractivity contribution is -0.140. The molecule has 0 unspecified atom stereocenters. The summed E-state index contributed by atoms with van der Waals surface area (Å²) in [6.45, 7) is 8.64. The van der Waals surface area contributed by atoms with Gasteiger partial charge in [0, 0.05) is 17.6 Å². The number of rotatable bonds is 12. The van der Waals surface area contributed by atoms with Gasteiger partial charge in [-0.15, -0.1) is 0 Å². The van der Waals surface area contributed by atoms with Gasteiger partial charge in [0.1, 0.15) is 18.4 Å². The first-order valence-electron chi connectivity index (χ1n) is 13.6. The number of carbonyl (C=O) groups excluding carboxylic acids is 2. The number of carbonyl (C=O) groups is 2. The molecule has 220 valence electrons. The smallest absolute Gasteiger partial charge is 0.264 e. The van der Waals surface area contributed by atoms with Crippen molar-refractivity contribution in [2.45, 2.75) is 71.0 Å². The van der Waals surface area contributed by atoms with Crippen LogP contribution in [-0.2, 0) is 26.2 Å². The number of halogens is 2. The molecule has 41 heavy (non-hydrogen) atoms. The molecule has 0 aliphatic heterocycles. The molecule has 2 atom stereocenters. The summed E-state index contributed by atoms with van der Waals surface area (Å²) in [6.07, 6.45) is 0.987. The molecule has 3 rings (SSSR count). The number of aryl methyl sites for hydroxylation is 2. The third kappa shape index (κ3) is 8.07. The number of hydrogen-bond acceptors (Lipinski definition) is 4.